The van der Waals surface area contributed by atoms with E-state index in [2.05, 4.69) is 44.9 Å². The largest absolute Gasteiger partial charge is 0.329 e. The number of rotatable bonds is 2. The summed E-state index contributed by atoms with van der Waals surface area (Å²) in [5.74, 6) is 0.772. The van der Waals surface area contributed by atoms with Crippen molar-refractivity contribution < 1.29 is 4.79 Å². The summed E-state index contributed by atoms with van der Waals surface area (Å²) in [7, 11) is 1.86. The normalized spacial score (nSPS) is 19.2. The molecule has 19 heavy (non-hydrogen) atoms. The summed E-state index contributed by atoms with van der Waals surface area (Å²) in [4.78, 5) is 13.4. The van der Waals surface area contributed by atoms with Crippen LogP contribution in [0.25, 0.3) is 5.69 Å². The molecule has 1 aliphatic rings. The second-order valence-corrected chi connectivity index (χ2v) is 6.48. The highest BCUT2D eigenvalue weighted by Crippen LogP contribution is 2.37. The highest BCUT2D eigenvalue weighted by molar-refractivity contribution is 9.10. The smallest absolute Gasteiger partial charge is 0.233 e. The van der Waals surface area contributed by atoms with E-state index in [1.54, 1.807) is 11.8 Å². The molecule has 1 amide bonds. The fourth-order valence-electron chi connectivity index (χ4n) is 2.17. The summed E-state index contributed by atoms with van der Waals surface area (Å²) >= 11 is 5.16. The number of benzene rings is 1. The summed E-state index contributed by atoms with van der Waals surface area (Å²) in [6, 6.07) is 10.2. The number of amides is 1. The Morgan fingerprint density at radius 3 is 2.89 bits per heavy atom. The van der Waals surface area contributed by atoms with Crippen LogP contribution in [0, 0.1) is 0 Å². The molecular formula is C14H13BrN2OS. The van der Waals surface area contributed by atoms with Gasteiger partial charge in [0.1, 0.15) is 5.37 Å². The van der Waals surface area contributed by atoms with E-state index in [1.165, 1.54) is 5.56 Å². The summed E-state index contributed by atoms with van der Waals surface area (Å²) in [5, 5.41) is 0.140. The van der Waals surface area contributed by atoms with Gasteiger partial charge in [-0.05, 0) is 24.3 Å². The average Bonchev–Trinajstić information content (AvgIpc) is 2.98. The molecule has 1 unspecified atom stereocenters. The summed E-state index contributed by atoms with van der Waals surface area (Å²) in [6.45, 7) is 0. The lowest BCUT2D eigenvalue weighted by Crippen LogP contribution is -2.22. The van der Waals surface area contributed by atoms with E-state index in [-0.39, 0.29) is 11.3 Å². The third kappa shape index (κ3) is 2.44. The predicted molar refractivity (Wildman–Crippen MR) is 81.4 cm³/mol. The van der Waals surface area contributed by atoms with Gasteiger partial charge in [-0.2, -0.15) is 0 Å². The molecule has 0 saturated carbocycles. The zero-order valence-electron chi connectivity index (χ0n) is 10.4. The number of nitrogens with zero attached hydrogens (tertiary/aromatic N) is 2. The molecule has 3 rings (SSSR count). The first kappa shape index (κ1) is 12.8. The zero-order valence-corrected chi connectivity index (χ0v) is 12.8. The fraction of sp³-hybridized carbons (Fsp3) is 0.214. The molecule has 1 aliphatic heterocycles. The van der Waals surface area contributed by atoms with E-state index in [0.29, 0.717) is 5.75 Å². The van der Waals surface area contributed by atoms with Crippen molar-refractivity contribution in [2.45, 2.75) is 5.37 Å². The van der Waals surface area contributed by atoms with Crippen LogP contribution in [0.1, 0.15) is 10.9 Å². The predicted octanol–water partition coefficient (Wildman–Crippen LogP) is 3.44. The van der Waals surface area contributed by atoms with Crippen molar-refractivity contribution in [3.8, 4) is 5.69 Å². The zero-order chi connectivity index (χ0) is 13.4. The first-order chi connectivity index (χ1) is 9.15. The molecule has 1 aromatic carbocycles. The first-order valence-corrected chi connectivity index (χ1v) is 7.80. The van der Waals surface area contributed by atoms with Crippen molar-refractivity contribution in [2.75, 3.05) is 12.8 Å². The molecule has 0 radical (unpaired) electrons. The van der Waals surface area contributed by atoms with Crippen molar-refractivity contribution in [1.29, 1.82) is 0 Å². The Morgan fingerprint density at radius 2 is 2.21 bits per heavy atom. The first-order valence-electron chi connectivity index (χ1n) is 5.96. The van der Waals surface area contributed by atoms with Crippen LogP contribution in [-0.4, -0.2) is 28.2 Å². The van der Waals surface area contributed by atoms with Crippen LogP contribution < -0.4 is 0 Å². The van der Waals surface area contributed by atoms with Crippen molar-refractivity contribution in [1.82, 2.24) is 9.47 Å². The third-order valence-corrected chi connectivity index (χ3v) is 5.03. The molecule has 5 heteroatoms. The minimum Gasteiger partial charge on any atom is -0.329 e. The number of halogens is 1. The quantitative estimate of drug-likeness (QED) is 0.839. The SMILES string of the molecule is CN1C(=O)CSC1c1ccn(-c2cccc(Br)c2)c1. The van der Waals surface area contributed by atoms with Gasteiger partial charge < -0.3 is 9.47 Å². The molecule has 1 aromatic heterocycles. The minimum absolute atomic E-state index is 0.140. The third-order valence-electron chi connectivity index (χ3n) is 3.22. The Kier molecular flexibility index (Phi) is 3.41. The summed E-state index contributed by atoms with van der Waals surface area (Å²) in [6.07, 6.45) is 4.13. The molecule has 0 aliphatic carbocycles. The number of thioether (sulfide) groups is 1. The number of carbonyl (C=O) groups is 1. The van der Waals surface area contributed by atoms with Crippen molar-refractivity contribution in [2.24, 2.45) is 0 Å². The monoisotopic (exact) mass is 336 g/mol. The van der Waals surface area contributed by atoms with E-state index in [4.69, 9.17) is 0 Å². The van der Waals surface area contributed by atoms with E-state index in [1.807, 2.05) is 30.3 Å². The number of carbonyl (C=O) groups excluding carboxylic acids is 1. The van der Waals surface area contributed by atoms with E-state index in [0.717, 1.165) is 10.2 Å². The lowest BCUT2D eigenvalue weighted by atomic mass is 10.3. The molecule has 1 fully saturated rings. The average molecular weight is 337 g/mol. The Labute approximate surface area is 124 Å². The van der Waals surface area contributed by atoms with Gasteiger partial charge in [0.25, 0.3) is 0 Å². The van der Waals surface area contributed by atoms with Gasteiger partial charge in [-0.15, -0.1) is 11.8 Å². The van der Waals surface area contributed by atoms with Gasteiger partial charge in [0.05, 0.1) is 5.75 Å². The van der Waals surface area contributed by atoms with Crippen LogP contribution in [0.5, 0.6) is 0 Å². The van der Waals surface area contributed by atoms with Crippen molar-refractivity contribution >= 4 is 33.6 Å². The molecule has 0 spiro atoms. The van der Waals surface area contributed by atoms with Crippen LogP contribution in [-0.2, 0) is 4.79 Å². The molecular weight excluding hydrogens is 324 g/mol. The van der Waals surface area contributed by atoms with E-state index in [9.17, 15) is 4.79 Å². The van der Waals surface area contributed by atoms with Gasteiger partial charge in [0.2, 0.25) is 5.91 Å². The van der Waals surface area contributed by atoms with Crippen LogP contribution in [0.4, 0.5) is 0 Å². The second-order valence-electron chi connectivity index (χ2n) is 4.50. The van der Waals surface area contributed by atoms with Crippen molar-refractivity contribution in [3.05, 3.63) is 52.8 Å². The maximum absolute atomic E-state index is 11.6. The van der Waals surface area contributed by atoms with E-state index >= 15 is 0 Å². The lowest BCUT2D eigenvalue weighted by Gasteiger charge is -2.17. The standard InChI is InChI=1S/C14H13BrN2OS/c1-16-13(18)9-19-14(16)10-5-6-17(8-10)12-4-2-3-11(15)7-12/h2-8,14H,9H2,1H3. The van der Waals surface area contributed by atoms with Gasteiger partial charge >= 0.3 is 0 Å². The van der Waals surface area contributed by atoms with Crippen LogP contribution in [0.2, 0.25) is 0 Å². The summed E-state index contributed by atoms with van der Waals surface area (Å²) < 4.78 is 3.14. The highest BCUT2D eigenvalue weighted by atomic mass is 79.9. The fourth-order valence-corrected chi connectivity index (χ4v) is 3.74. The maximum atomic E-state index is 11.6. The topological polar surface area (TPSA) is 25.2 Å². The Morgan fingerprint density at radius 1 is 1.37 bits per heavy atom. The van der Waals surface area contributed by atoms with Gasteiger partial charge in [0, 0.05) is 35.2 Å². The second kappa shape index (κ2) is 5.06. The molecule has 2 heterocycles. The molecule has 98 valence electrons. The molecule has 3 nitrogen and oxygen atoms in total. The molecule has 1 atom stereocenters. The highest BCUT2D eigenvalue weighted by Gasteiger charge is 2.30. The van der Waals surface area contributed by atoms with Gasteiger partial charge in [-0.25, -0.2) is 0 Å². The Bertz CT molecular complexity index is 625. The van der Waals surface area contributed by atoms with Crippen LogP contribution in [0.3, 0.4) is 0 Å². The number of hydrogen-bond donors (Lipinski definition) is 0. The molecule has 1 saturated heterocycles. The maximum Gasteiger partial charge on any atom is 0.233 e. The lowest BCUT2D eigenvalue weighted by molar-refractivity contribution is -0.126. The Balaban J connectivity index is 1.90. The molecule has 2 aromatic rings. The Hall–Kier alpha value is -1.20. The van der Waals surface area contributed by atoms with Gasteiger partial charge in [-0.1, -0.05) is 22.0 Å². The van der Waals surface area contributed by atoms with Gasteiger partial charge in [0.15, 0.2) is 0 Å². The number of aromatic nitrogens is 1. The molecule has 0 bridgehead atoms. The van der Waals surface area contributed by atoms with Crippen LogP contribution in [0.15, 0.2) is 47.2 Å². The summed E-state index contributed by atoms with van der Waals surface area (Å²) in [5.41, 5.74) is 2.27. The van der Waals surface area contributed by atoms with Crippen LogP contribution >= 0.6 is 27.7 Å². The van der Waals surface area contributed by atoms with E-state index < -0.39 is 0 Å². The van der Waals surface area contributed by atoms with Crippen molar-refractivity contribution in [3.63, 3.8) is 0 Å². The number of hydrogen-bond acceptors (Lipinski definition) is 2. The minimum atomic E-state index is 0.140. The van der Waals surface area contributed by atoms with Gasteiger partial charge in [-0.3, -0.25) is 4.79 Å². The molecule has 0 N–H and O–H groups in total.